The van der Waals surface area contributed by atoms with E-state index in [1.165, 1.54) is 21.9 Å². The van der Waals surface area contributed by atoms with Crippen molar-refractivity contribution in [3.63, 3.8) is 0 Å². The zero-order valence-electron chi connectivity index (χ0n) is 14.7. The minimum absolute atomic E-state index is 0.238. The lowest BCUT2D eigenvalue weighted by Gasteiger charge is -2.12. The molecule has 0 aliphatic rings. The van der Waals surface area contributed by atoms with Crippen molar-refractivity contribution in [3.05, 3.63) is 57.8 Å². The van der Waals surface area contributed by atoms with E-state index in [1.54, 1.807) is 20.3 Å². The van der Waals surface area contributed by atoms with E-state index in [9.17, 15) is 4.79 Å². The van der Waals surface area contributed by atoms with Crippen LogP contribution in [-0.4, -0.2) is 33.8 Å². The smallest absolute Gasteiger partial charge is 0.275 e. The van der Waals surface area contributed by atoms with Crippen molar-refractivity contribution in [2.45, 2.75) is 6.54 Å². The first-order valence-electron chi connectivity index (χ1n) is 8.16. The Morgan fingerprint density at radius 2 is 2.11 bits per heavy atom. The number of anilines is 1. The molecule has 9 heteroatoms. The Hall–Kier alpha value is -3.33. The second-order valence-electron chi connectivity index (χ2n) is 5.70. The van der Waals surface area contributed by atoms with Crippen LogP contribution in [0.1, 0.15) is 5.69 Å². The van der Waals surface area contributed by atoms with Crippen LogP contribution < -0.4 is 20.3 Å². The van der Waals surface area contributed by atoms with Gasteiger partial charge in [0.15, 0.2) is 5.82 Å². The van der Waals surface area contributed by atoms with E-state index in [1.807, 2.05) is 29.6 Å². The highest BCUT2D eigenvalue weighted by Crippen LogP contribution is 2.29. The number of nitrogens with one attached hydrogen (secondary N) is 2. The van der Waals surface area contributed by atoms with E-state index in [2.05, 4.69) is 20.4 Å². The normalized spacial score (nSPS) is 10.9. The number of ether oxygens (including phenoxy) is 2. The van der Waals surface area contributed by atoms with Gasteiger partial charge >= 0.3 is 0 Å². The van der Waals surface area contributed by atoms with Gasteiger partial charge in [-0.05, 0) is 23.6 Å². The molecule has 0 atom stereocenters. The minimum Gasteiger partial charge on any atom is -0.497 e. The number of methoxy groups -OCH3 is 2. The molecule has 1 aromatic carbocycles. The number of aromatic nitrogens is 4. The average molecular weight is 383 g/mol. The molecule has 2 N–H and O–H groups in total. The largest absolute Gasteiger partial charge is 0.497 e. The number of nitrogens with zero attached hydrogens (tertiary/aromatic N) is 3. The number of fused-ring (bicyclic) bond motifs is 1. The third kappa shape index (κ3) is 3.36. The van der Waals surface area contributed by atoms with Gasteiger partial charge in [0.2, 0.25) is 5.78 Å². The quantitative estimate of drug-likeness (QED) is 0.532. The summed E-state index contributed by atoms with van der Waals surface area (Å²) in [6.45, 7) is 0.398. The van der Waals surface area contributed by atoms with Crippen LogP contribution in [0.5, 0.6) is 11.5 Å². The van der Waals surface area contributed by atoms with Crippen LogP contribution in [0.4, 0.5) is 5.69 Å². The van der Waals surface area contributed by atoms with Gasteiger partial charge in [-0.15, -0.1) is 16.4 Å². The van der Waals surface area contributed by atoms with E-state index < -0.39 is 0 Å². The van der Waals surface area contributed by atoms with Crippen LogP contribution in [0, 0.1) is 0 Å². The maximum atomic E-state index is 12.4. The maximum absolute atomic E-state index is 12.4. The summed E-state index contributed by atoms with van der Waals surface area (Å²) in [5.74, 6) is 2.29. The second kappa shape index (κ2) is 7.12. The molecule has 4 rings (SSSR count). The van der Waals surface area contributed by atoms with Crippen molar-refractivity contribution in [3.8, 4) is 22.2 Å². The molecular weight excluding hydrogens is 366 g/mol. The van der Waals surface area contributed by atoms with Crippen molar-refractivity contribution in [1.29, 1.82) is 0 Å². The molecule has 0 aliphatic heterocycles. The van der Waals surface area contributed by atoms with Gasteiger partial charge in [0.25, 0.3) is 5.56 Å². The third-order valence-corrected chi connectivity index (χ3v) is 4.87. The summed E-state index contributed by atoms with van der Waals surface area (Å²) in [6.07, 6.45) is 0. The molecule has 8 nitrogen and oxygen atoms in total. The van der Waals surface area contributed by atoms with Gasteiger partial charge in [0.05, 0.1) is 31.3 Å². The summed E-state index contributed by atoms with van der Waals surface area (Å²) in [5, 5.41) is 9.48. The van der Waals surface area contributed by atoms with E-state index in [4.69, 9.17) is 9.47 Å². The zero-order chi connectivity index (χ0) is 18.8. The molecular formula is C18H17N5O3S. The highest BCUT2D eigenvalue weighted by atomic mass is 32.1. The Bertz CT molecular complexity index is 1130. The first-order chi connectivity index (χ1) is 13.2. The summed E-state index contributed by atoms with van der Waals surface area (Å²) in [6, 6.07) is 10.8. The molecule has 0 aliphatic carbocycles. The lowest BCUT2D eigenvalue weighted by Crippen LogP contribution is -2.17. The van der Waals surface area contributed by atoms with E-state index >= 15 is 0 Å². The highest BCUT2D eigenvalue weighted by molar-refractivity contribution is 7.13. The lowest BCUT2D eigenvalue weighted by molar-refractivity contribution is 0.395. The van der Waals surface area contributed by atoms with Gasteiger partial charge < -0.3 is 19.8 Å². The standard InChI is InChI=1S/C18H17N5O3S/c1-25-12-5-6-13(14(9-12)26-2)19-10-11-8-16(24)23-18(20-11)21-17(22-23)15-4-3-7-27-15/h3-9,19H,10H2,1-2H3,(H,20,21,22). The van der Waals surface area contributed by atoms with Crippen LogP contribution in [0.2, 0.25) is 0 Å². The number of thiophene rings is 1. The van der Waals surface area contributed by atoms with Gasteiger partial charge in [-0.25, -0.2) is 0 Å². The molecule has 3 heterocycles. The van der Waals surface area contributed by atoms with Gasteiger partial charge in [-0.2, -0.15) is 9.50 Å². The first-order valence-corrected chi connectivity index (χ1v) is 9.04. The molecule has 27 heavy (non-hydrogen) atoms. The summed E-state index contributed by atoms with van der Waals surface area (Å²) in [4.78, 5) is 20.9. The van der Waals surface area contributed by atoms with E-state index in [-0.39, 0.29) is 5.56 Å². The molecule has 0 saturated carbocycles. The maximum Gasteiger partial charge on any atom is 0.275 e. The minimum atomic E-state index is -0.238. The predicted molar refractivity (Wildman–Crippen MR) is 104 cm³/mol. The fraction of sp³-hybridized carbons (Fsp3) is 0.167. The molecule has 4 aromatic rings. The van der Waals surface area contributed by atoms with Crippen molar-refractivity contribution in [2.75, 3.05) is 19.5 Å². The second-order valence-corrected chi connectivity index (χ2v) is 6.65. The van der Waals surface area contributed by atoms with Crippen LogP contribution in [0.3, 0.4) is 0 Å². The summed E-state index contributed by atoms with van der Waals surface area (Å²) < 4.78 is 11.8. The van der Waals surface area contributed by atoms with Crippen molar-refractivity contribution < 1.29 is 9.47 Å². The Morgan fingerprint density at radius 3 is 2.85 bits per heavy atom. The molecule has 0 bridgehead atoms. The van der Waals surface area contributed by atoms with Crippen molar-refractivity contribution in [2.24, 2.45) is 0 Å². The predicted octanol–water partition coefficient (Wildman–Crippen LogP) is 2.78. The van der Waals surface area contributed by atoms with Gasteiger partial charge in [0, 0.05) is 17.8 Å². The summed E-state index contributed by atoms with van der Waals surface area (Å²) in [7, 11) is 3.20. The molecule has 0 amide bonds. The van der Waals surface area contributed by atoms with Gasteiger partial charge in [-0.1, -0.05) is 6.07 Å². The van der Waals surface area contributed by atoms with Crippen LogP contribution >= 0.6 is 11.3 Å². The molecule has 0 fully saturated rings. The Kier molecular flexibility index (Phi) is 4.51. The number of hydrogen-bond acceptors (Lipinski definition) is 7. The van der Waals surface area contributed by atoms with Crippen LogP contribution in [0.15, 0.2) is 46.6 Å². The summed E-state index contributed by atoms with van der Waals surface area (Å²) >= 11 is 1.53. The van der Waals surface area contributed by atoms with Crippen molar-refractivity contribution >= 4 is 22.8 Å². The van der Waals surface area contributed by atoms with Crippen LogP contribution in [0.25, 0.3) is 16.5 Å². The number of benzene rings is 1. The summed E-state index contributed by atoms with van der Waals surface area (Å²) in [5.41, 5.74) is 1.24. The molecule has 0 radical (unpaired) electrons. The average Bonchev–Trinajstić information content (AvgIpc) is 3.35. The topological polar surface area (TPSA) is 93.5 Å². The van der Waals surface area contributed by atoms with Gasteiger partial charge in [0.1, 0.15) is 11.5 Å². The molecule has 0 saturated heterocycles. The Balaban J connectivity index is 1.60. The molecule has 0 unspecified atom stereocenters. The fourth-order valence-corrected chi connectivity index (χ4v) is 3.33. The molecule has 3 aromatic heterocycles. The SMILES string of the molecule is COc1ccc(NCc2cc(=O)n3nc(-c4cccs4)nc3[nH]2)c(OC)c1. The van der Waals surface area contributed by atoms with Gasteiger partial charge in [-0.3, -0.25) is 4.79 Å². The Morgan fingerprint density at radius 1 is 1.22 bits per heavy atom. The first kappa shape index (κ1) is 17.1. The number of H-pyrrole nitrogens is 1. The Labute approximate surface area is 158 Å². The van der Waals surface area contributed by atoms with Crippen LogP contribution in [-0.2, 0) is 6.54 Å². The fourth-order valence-electron chi connectivity index (χ4n) is 2.68. The van der Waals surface area contributed by atoms with E-state index in [0.717, 1.165) is 10.6 Å². The molecule has 138 valence electrons. The monoisotopic (exact) mass is 383 g/mol. The zero-order valence-corrected chi connectivity index (χ0v) is 15.5. The highest BCUT2D eigenvalue weighted by Gasteiger charge is 2.11. The number of hydrogen-bond donors (Lipinski definition) is 2. The third-order valence-electron chi connectivity index (χ3n) is 4.01. The number of rotatable bonds is 6. The van der Waals surface area contributed by atoms with E-state index in [0.29, 0.717) is 35.3 Å². The van der Waals surface area contributed by atoms with Crippen molar-refractivity contribution in [1.82, 2.24) is 19.6 Å². The molecule has 0 spiro atoms. The number of aromatic amines is 1. The lowest BCUT2D eigenvalue weighted by atomic mass is 10.2.